The van der Waals surface area contributed by atoms with E-state index in [2.05, 4.69) is 0 Å². The van der Waals surface area contributed by atoms with Crippen LogP contribution in [0.15, 0.2) is 11.3 Å². The average Bonchev–Trinajstić information content (AvgIpc) is 2.31. The normalized spacial score (nSPS) is 24.4. The zero-order valence-corrected chi connectivity index (χ0v) is 8.94. The number of nitrogens with zero attached hydrogens (tertiary/aromatic N) is 1. The first-order valence-electron chi connectivity index (χ1n) is 4.31. The summed E-state index contributed by atoms with van der Waals surface area (Å²) in [6.45, 7) is 5.98. The van der Waals surface area contributed by atoms with E-state index in [-0.39, 0.29) is 18.0 Å². The van der Waals surface area contributed by atoms with Gasteiger partial charge in [0, 0.05) is 0 Å². The Hall–Kier alpha value is -0.280. The predicted molar refractivity (Wildman–Crippen MR) is 50.9 cm³/mol. The van der Waals surface area contributed by atoms with E-state index in [9.17, 15) is 4.39 Å². The SMILES string of the molecule is CC(C)(C)C1C(Cl)=CON1CCF. The van der Waals surface area contributed by atoms with Gasteiger partial charge in [0.25, 0.3) is 0 Å². The van der Waals surface area contributed by atoms with Gasteiger partial charge in [-0.2, -0.15) is 0 Å². The monoisotopic (exact) mass is 207 g/mol. The number of hydroxylamine groups is 2. The first-order valence-corrected chi connectivity index (χ1v) is 4.69. The Morgan fingerprint density at radius 2 is 2.23 bits per heavy atom. The summed E-state index contributed by atoms with van der Waals surface area (Å²) in [4.78, 5) is 5.14. The summed E-state index contributed by atoms with van der Waals surface area (Å²) in [5, 5.41) is 2.23. The van der Waals surface area contributed by atoms with Crippen LogP contribution in [-0.2, 0) is 4.84 Å². The summed E-state index contributed by atoms with van der Waals surface area (Å²) in [7, 11) is 0. The summed E-state index contributed by atoms with van der Waals surface area (Å²) in [5.41, 5.74) is -0.0424. The summed E-state index contributed by atoms with van der Waals surface area (Å²) >= 11 is 5.97. The molecule has 1 atom stereocenters. The quantitative estimate of drug-likeness (QED) is 0.691. The van der Waals surface area contributed by atoms with Gasteiger partial charge in [-0.25, -0.2) is 4.39 Å². The molecule has 0 saturated heterocycles. The van der Waals surface area contributed by atoms with Crippen LogP contribution >= 0.6 is 11.6 Å². The third-order valence-corrected chi connectivity index (χ3v) is 2.27. The first-order chi connectivity index (χ1) is 5.96. The molecular formula is C9H15ClFNO. The fourth-order valence-electron chi connectivity index (χ4n) is 1.49. The zero-order chi connectivity index (χ0) is 10.1. The predicted octanol–water partition coefficient (Wildman–Crippen LogP) is 2.70. The molecule has 0 amide bonds. The molecular weight excluding hydrogens is 193 g/mol. The van der Waals surface area contributed by atoms with Gasteiger partial charge in [-0.05, 0) is 5.41 Å². The molecule has 1 unspecified atom stereocenters. The molecule has 1 aliphatic rings. The Labute approximate surface area is 83.3 Å². The molecule has 0 aromatic rings. The molecule has 0 spiro atoms. The van der Waals surface area contributed by atoms with Crippen molar-refractivity contribution in [3.05, 3.63) is 11.3 Å². The van der Waals surface area contributed by atoms with E-state index in [1.807, 2.05) is 20.8 Å². The van der Waals surface area contributed by atoms with Gasteiger partial charge in [0.1, 0.15) is 12.9 Å². The second-order valence-electron chi connectivity index (χ2n) is 4.21. The minimum absolute atomic E-state index is 0.0371. The van der Waals surface area contributed by atoms with Gasteiger partial charge < -0.3 is 4.84 Å². The Bertz CT molecular complexity index is 212. The molecule has 0 fully saturated rings. The number of hydrogen-bond acceptors (Lipinski definition) is 2. The standard InChI is InChI=1S/C9H15ClFNO/c1-9(2,3)8-7(10)6-13-12(8)5-4-11/h6,8H,4-5H2,1-3H3. The summed E-state index contributed by atoms with van der Waals surface area (Å²) < 4.78 is 12.1. The number of halogens is 2. The molecule has 13 heavy (non-hydrogen) atoms. The Morgan fingerprint density at radius 3 is 2.69 bits per heavy atom. The lowest BCUT2D eigenvalue weighted by atomic mass is 9.86. The smallest absolute Gasteiger partial charge is 0.127 e. The van der Waals surface area contributed by atoms with Crippen LogP contribution in [0.25, 0.3) is 0 Å². The van der Waals surface area contributed by atoms with Gasteiger partial charge in [-0.3, -0.25) is 0 Å². The lowest BCUT2D eigenvalue weighted by Gasteiger charge is -2.32. The highest BCUT2D eigenvalue weighted by Gasteiger charge is 2.37. The van der Waals surface area contributed by atoms with Crippen LogP contribution in [-0.4, -0.2) is 24.3 Å². The van der Waals surface area contributed by atoms with E-state index in [1.165, 1.54) is 6.26 Å². The van der Waals surface area contributed by atoms with Crippen LogP contribution in [0.5, 0.6) is 0 Å². The van der Waals surface area contributed by atoms with Crippen LogP contribution in [0.4, 0.5) is 4.39 Å². The van der Waals surface area contributed by atoms with E-state index in [0.717, 1.165) is 0 Å². The molecule has 0 aromatic carbocycles. The van der Waals surface area contributed by atoms with Crippen molar-refractivity contribution in [2.75, 3.05) is 13.2 Å². The van der Waals surface area contributed by atoms with Gasteiger partial charge in [0.15, 0.2) is 0 Å². The van der Waals surface area contributed by atoms with Crippen molar-refractivity contribution < 1.29 is 9.23 Å². The fraction of sp³-hybridized carbons (Fsp3) is 0.778. The molecule has 1 rings (SSSR count). The molecule has 0 aliphatic carbocycles. The first kappa shape index (κ1) is 10.8. The second kappa shape index (κ2) is 3.84. The van der Waals surface area contributed by atoms with Gasteiger partial charge in [-0.15, -0.1) is 5.06 Å². The van der Waals surface area contributed by atoms with Crippen LogP contribution in [0, 0.1) is 5.41 Å². The van der Waals surface area contributed by atoms with E-state index >= 15 is 0 Å². The highest BCUT2D eigenvalue weighted by molar-refractivity contribution is 6.30. The largest absolute Gasteiger partial charge is 0.412 e. The van der Waals surface area contributed by atoms with Crippen LogP contribution in [0.2, 0.25) is 0 Å². The second-order valence-corrected chi connectivity index (χ2v) is 4.64. The average molecular weight is 208 g/mol. The van der Waals surface area contributed by atoms with Crippen molar-refractivity contribution >= 4 is 11.6 Å². The molecule has 0 bridgehead atoms. The minimum Gasteiger partial charge on any atom is -0.412 e. The van der Waals surface area contributed by atoms with Crippen molar-refractivity contribution in [2.24, 2.45) is 5.41 Å². The Balaban J connectivity index is 2.71. The number of rotatable bonds is 2. The van der Waals surface area contributed by atoms with Crippen LogP contribution < -0.4 is 0 Å². The molecule has 0 radical (unpaired) electrons. The molecule has 1 aliphatic heterocycles. The fourth-order valence-corrected chi connectivity index (χ4v) is 1.97. The van der Waals surface area contributed by atoms with Crippen molar-refractivity contribution in [1.82, 2.24) is 5.06 Å². The third kappa shape index (κ3) is 2.35. The van der Waals surface area contributed by atoms with Gasteiger partial charge in [0.05, 0.1) is 17.6 Å². The Morgan fingerprint density at radius 1 is 1.62 bits per heavy atom. The van der Waals surface area contributed by atoms with Gasteiger partial charge in [-0.1, -0.05) is 32.4 Å². The third-order valence-electron chi connectivity index (χ3n) is 1.98. The maximum Gasteiger partial charge on any atom is 0.127 e. The number of hydrogen-bond donors (Lipinski definition) is 0. The lowest BCUT2D eigenvalue weighted by Crippen LogP contribution is -2.41. The highest BCUT2D eigenvalue weighted by atomic mass is 35.5. The van der Waals surface area contributed by atoms with Gasteiger partial charge in [0.2, 0.25) is 0 Å². The van der Waals surface area contributed by atoms with E-state index in [0.29, 0.717) is 5.03 Å². The molecule has 2 nitrogen and oxygen atoms in total. The topological polar surface area (TPSA) is 12.5 Å². The van der Waals surface area contributed by atoms with E-state index < -0.39 is 6.67 Å². The molecule has 1 heterocycles. The van der Waals surface area contributed by atoms with Crippen molar-refractivity contribution in [3.63, 3.8) is 0 Å². The molecule has 0 N–H and O–H groups in total. The van der Waals surface area contributed by atoms with E-state index in [1.54, 1.807) is 5.06 Å². The summed E-state index contributed by atoms with van der Waals surface area (Å²) in [5.74, 6) is 0. The van der Waals surface area contributed by atoms with E-state index in [4.69, 9.17) is 16.4 Å². The molecule has 4 heteroatoms. The molecule has 0 aromatic heterocycles. The molecule has 0 saturated carbocycles. The molecule has 76 valence electrons. The summed E-state index contributed by atoms with van der Waals surface area (Å²) in [6.07, 6.45) is 1.48. The Kier molecular flexibility index (Phi) is 3.19. The minimum atomic E-state index is -0.426. The van der Waals surface area contributed by atoms with Crippen molar-refractivity contribution in [2.45, 2.75) is 26.8 Å². The summed E-state index contributed by atoms with van der Waals surface area (Å²) in [6, 6.07) is -0.0371. The van der Waals surface area contributed by atoms with Crippen molar-refractivity contribution in [3.8, 4) is 0 Å². The zero-order valence-electron chi connectivity index (χ0n) is 8.18. The number of alkyl halides is 1. The maximum absolute atomic E-state index is 12.1. The van der Waals surface area contributed by atoms with Crippen LogP contribution in [0.3, 0.4) is 0 Å². The highest BCUT2D eigenvalue weighted by Crippen LogP contribution is 2.35. The lowest BCUT2D eigenvalue weighted by molar-refractivity contribution is -0.128. The van der Waals surface area contributed by atoms with Crippen molar-refractivity contribution in [1.29, 1.82) is 0 Å². The van der Waals surface area contributed by atoms with Gasteiger partial charge >= 0.3 is 0 Å². The maximum atomic E-state index is 12.1. The van der Waals surface area contributed by atoms with Crippen LogP contribution in [0.1, 0.15) is 20.8 Å².